The van der Waals surface area contributed by atoms with E-state index in [2.05, 4.69) is 36.2 Å². The van der Waals surface area contributed by atoms with E-state index < -0.39 is 0 Å². The standard InChI is InChI=1S/C14H22N2O/c1-14(2)11-15-9-4-10-16(14)12-5-7-13(17-3)8-6-12/h5-8,15H,4,9-11H2,1-3H3. The highest BCUT2D eigenvalue weighted by Crippen LogP contribution is 2.27. The number of methoxy groups -OCH3 is 1. The zero-order valence-corrected chi connectivity index (χ0v) is 11.0. The Labute approximate surface area is 104 Å². The van der Waals surface area contributed by atoms with E-state index in [1.165, 1.54) is 12.1 Å². The molecular formula is C14H22N2O. The molecule has 0 aliphatic carbocycles. The van der Waals surface area contributed by atoms with Crippen molar-refractivity contribution < 1.29 is 4.74 Å². The average molecular weight is 234 g/mol. The molecule has 1 saturated heterocycles. The molecule has 0 unspecified atom stereocenters. The molecule has 1 heterocycles. The van der Waals surface area contributed by atoms with Gasteiger partial charge in [-0.25, -0.2) is 0 Å². The normalized spacial score (nSPS) is 19.8. The third kappa shape index (κ3) is 2.72. The van der Waals surface area contributed by atoms with E-state index in [-0.39, 0.29) is 5.54 Å². The lowest BCUT2D eigenvalue weighted by Crippen LogP contribution is -2.48. The minimum atomic E-state index is 0.158. The number of rotatable bonds is 2. The molecule has 17 heavy (non-hydrogen) atoms. The molecule has 0 spiro atoms. The summed E-state index contributed by atoms with van der Waals surface area (Å²) in [5.41, 5.74) is 1.44. The van der Waals surface area contributed by atoms with Crippen LogP contribution >= 0.6 is 0 Å². The summed E-state index contributed by atoms with van der Waals surface area (Å²) in [5, 5.41) is 3.49. The highest BCUT2D eigenvalue weighted by molar-refractivity contribution is 5.51. The zero-order chi connectivity index (χ0) is 12.3. The average Bonchev–Trinajstić information content (AvgIpc) is 2.50. The Morgan fingerprint density at radius 2 is 1.94 bits per heavy atom. The van der Waals surface area contributed by atoms with Gasteiger partial charge < -0.3 is 15.0 Å². The maximum absolute atomic E-state index is 5.20. The molecule has 1 fully saturated rings. The van der Waals surface area contributed by atoms with Gasteiger partial charge in [0.25, 0.3) is 0 Å². The van der Waals surface area contributed by atoms with Crippen LogP contribution in [0.15, 0.2) is 24.3 Å². The Hall–Kier alpha value is -1.22. The number of nitrogens with one attached hydrogen (secondary N) is 1. The number of hydrogen-bond donors (Lipinski definition) is 1. The summed E-state index contributed by atoms with van der Waals surface area (Å²) < 4.78 is 5.20. The number of nitrogens with zero attached hydrogens (tertiary/aromatic N) is 1. The first kappa shape index (κ1) is 12.2. The van der Waals surface area contributed by atoms with Crippen LogP contribution in [0.1, 0.15) is 20.3 Å². The first-order chi connectivity index (χ1) is 8.13. The molecule has 3 nitrogen and oxygen atoms in total. The number of ether oxygens (including phenoxy) is 1. The first-order valence-corrected chi connectivity index (χ1v) is 6.26. The van der Waals surface area contributed by atoms with E-state index >= 15 is 0 Å². The molecule has 1 N–H and O–H groups in total. The van der Waals surface area contributed by atoms with Gasteiger partial charge in [-0.3, -0.25) is 0 Å². The zero-order valence-electron chi connectivity index (χ0n) is 11.0. The van der Waals surface area contributed by atoms with Gasteiger partial charge in [0.1, 0.15) is 5.75 Å². The first-order valence-electron chi connectivity index (χ1n) is 6.26. The van der Waals surface area contributed by atoms with Crippen LogP contribution in [-0.4, -0.2) is 32.3 Å². The van der Waals surface area contributed by atoms with Crippen molar-refractivity contribution in [2.75, 3.05) is 31.6 Å². The van der Waals surface area contributed by atoms with Crippen LogP contribution in [0.25, 0.3) is 0 Å². The van der Waals surface area contributed by atoms with E-state index in [1.807, 2.05) is 12.1 Å². The van der Waals surface area contributed by atoms with E-state index in [9.17, 15) is 0 Å². The molecule has 0 radical (unpaired) electrons. The van der Waals surface area contributed by atoms with Crippen molar-refractivity contribution in [3.8, 4) is 5.75 Å². The lowest BCUT2D eigenvalue weighted by Gasteiger charge is -2.39. The van der Waals surface area contributed by atoms with Crippen LogP contribution < -0.4 is 15.0 Å². The van der Waals surface area contributed by atoms with Crippen LogP contribution in [0.2, 0.25) is 0 Å². The van der Waals surface area contributed by atoms with Crippen molar-refractivity contribution in [2.24, 2.45) is 0 Å². The lowest BCUT2D eigenvalue weighted by molar-refractivity contribution is 0.414. The number of benzene rings is 1. The molecular weight excluding hydrogens is 212 g/mol. The Bertz CT molecular complexity index is 359. The van der Waals surface area contributed by atoms with Crippen molar-refractivity contribution in [3.63, 3.8) is 0 Å². The van der Waals surface area contributed by atoms with Gasteiger partial charge in [0, 0.05) is 24.3 Å². The summed E-state index contributed by atoms with van der Waals surface area (Å²) >= 11 is 0. The molecule has 0 bridgehead atoms. The number of anilines is 1. The smallest absolute Gasteiger partial charge is 0.119 e. The van der Waals surface area contributed by atoms with Gasteiger partial charge in [-0.15, -0.1) is 0 Å². The summed E-state index contributed by atoms with van der Waals surface area (Å²) in [7, 11) is 1.70. The molecule has 1 aliphatic heterocycles. The Morgan fingerprint density at radius 1 is 1.24 bits per heavy atom. The van der Waals surface area contributed by atoms with Crippen LogP contribution in [-0.2, 0) is 0 Å². The Morgan fingerprint density at radius 3 is 2.59 bits per heavy atom. The largest absolute Gasteiger partial charge is 0.497 e. The molecule has 94 valence electrons. The highest BCUT2D eigenvalue weighted by atomic mass is 16.5. The molecule has 1 aliphatic rings. The fraction of sp³-hybridized carbons (Fsp3) is 0.571. The van der Waals surface area contributed by atoms with Gasteiger partial charge >= 0.3 is 0 Å². The van der Waals surface area contributed by atoms with Crippen LogP contribution in [0.5, 0.6) is 5.75 Å². The van der Waals surface area contributed by atoms with Crippen molar-refractivity contribution >= 4 is 5.69 Å². The molecule has 0 atom stereocenters. The van der Waals surface area contributed by atoms with Crippen molar-refractivity contribution in [1.29, 1.82) is 0 Å². The van der Waals surface area contributed by atoms with E-state index in [4.69, 9.17) is 4.74 Å². The third-order valence-corrected chi connectivity index (χ3v) is 3.41. The molecule has 3 heteroatoms. The van der Waals surface area contributed by atoms with Gasteiger partial charge in [-0.05, 0) is 51.1 Å². The third-order valence-electron chi connectivity index (χ3n) is 3.41. The number of hydrogen-bond acceptors (Lipinski definition) is 3. The van der Waals surface area contributed by atoms with Crippen molar-refractivity contribution in [1.82, 2.24) is 5.32 Å². The van der Waals surface area contributed by atoms with Crippen LogP contribution in [0, 0.1) is 0 Å². The molecule has 1 aromatic carbocycles. The van der Waals surface area contributed by atoms with E-state index in [0.29, 0.717) is 0 Å². The fourth-order valence-electron chi connectivity index (χ4n) is 2.40. The molecule has 0 saturated carbocycles. The van der Waals surface area contributed by atoms with Crippen molar-refractivity contribution in [3.05, 3.63) is 24.3 Å². The summed E-state index contributed by atoms with van der Waals surface area (Å²) in [6.45, 7) is 7.81. The second kappa shape index (κ2) is 4.96. The topological polar surface area (TPSA) is 24.5 Å². The Kier molecular flexibility index (Phi) is 3.57. The minimum Gasteiger partial charge on any atom is -0.497 e. The van der Waals surface area contributed by atoms with Gasteiger partial charge in [-0.2, -0.15) is 0 Å². The highest BCUT2D eigenvalue weighted by Gasteiger charge is 2.28. The van der Waals surface area contributed by atoms with E-state index in [0.717, 1.165) is 25.4 Å². The minimum absolute atomic E-state index is 0.158. The molecule has 1 aromatic rings. The van der Waals surface area contributed by atoms with Crippen LogP contribution in [0.4, 0.5) is 5.69 Å². The van der Waals surface area contributed by atoms with Gasteiger partial charge in [-0.1, -0.05) is 0 Å². The SMILES string of the molecule is COc1ccc(N2CCCNCC2(C)C)cc1. The predicted molar refractivity (Wildman–Crippen MR) is 71.9 cm³/mol. The second-order valence-electron chi connectivity index (χ2n) is 5.19. The summed E-state index contributed by atoms with van der Waals surface area (Å²) in [5.74, 6) is 0.916. The van der Waals surface area contributed by atoms with E-state index in [1.54, 1.807) is 7.11 Å². The van der Waals surface area contributed by atoms with Gasteiger partial charge in [0.05, 0.1) is 7.11 Å². The maximum atomic E-state index is 5.20. The summed E-state index contributed by atoms with van der Waals surface area (Å²) in [6.07, 6.45) is 1.19. The van der Waals surface area contributed by atoms with Crippen LogP contribution in [0.3, 0.4) is 0 Å². The molecule has 0 amide bonds. The fourth-order valence-corrected chi connectivity index (χ4v) is 2.40. The summed E-state index contributed by atoms with van der Waals surface area (Å²) in [4.78, 5) is 2.48. The predicted octanol–water partition coefficient (Wildman–Crippen LogP) is 2.27. The Balaban J connectivity index is 2.23. The second-order valence-corrected chi connectivity index (χ2v) is 5.19. The van der Waals surface area contributed by atoms with Gasteiger partial charge in [0.15, 0.2) is 0 Å². The maximum Gasteiger partial charge on any atom is 0.119 e. The van der Waals surface area contributed by atoms with Crippen molar-refractivity contribution in [2.45, 2.75) is 25.8 Å². The molecule has 2 rings (SSSR count). The summed E-state index contributed by atoms with van der Waals surface area (Å²) in [6, 6.07) is 8.35. The monoisotopic (exact) mass is 234 g/mol. The molecule has 0 aromatic heterocycles. The quantitative estimate of drug-likeness (QED) is 0.849. The lowest BCUT2D eigenvalue weighted by atomic mass is 10.0. The van der Waals surface area contributed by atoms with Gasteiger partial charge in [0.2, 0.25) is 0 Å².